The van der Waals surface area contributed by atoms with Crippen LogP contribution in [0.1, 0.15) is 36.5 Å². The van der Waals surface area contributed by atoms with E-state index in [-0.39, 0.29) is 5.91 Å². The molecule has 1 rings (SSSR count). The molecular weight excluding hydrogens is 238 g/mol. The highest BCUT2D eigenvalue weighted by Gasteiger charge is 2.08. The summed E-state index contributed by atoms with van der Waals surface area (Å²) in [5, 5.41) is 6.04. The largest absolute Gasteiger partial charge is 0.373 e. The van der Waals surface area contributed by atoms with Crippen molar-refractivity contribution in [3.8, 4) is 0 Å². The van der Waals surface area contributed by atoms with E-state index in [1.54, 1.807) is 19.2 Å². The van der Waals surface area contributed by atoms with Gasteiger partial charge in [0.2, 0.25) is 0 Å². The van der Waals surface area contributed by atoms with Crippen LogP contribution < -0.4 is 10.6 Å². The Bertz CT molecular complexity index is 382. The fourth-order valence-electron chi connectivity index (χ4n) is 1.44. The average molecular weight is 256 g/mol. The molecule has 5 heteroatoms. The van der Waals surface area contributed by atoms with E-state index in [2.05, 4.69) is 22.5 Å². The molecule has 1 aromatic rings. The van der Waals surface area contributed by atoms with Crippen molar-refractivity contribution in [1.82, 2.24) is 10.3 Å². The van der Waals surface area contributed by atoms with Gasteiger partial charge in [-0.15, -0.1) is 0 Å². The molecule has 0 aliphatic carbocycles. The Morgan fingerprint density at radius 3 is 2.82 bits per heavy atom. The highest BCUT2D eigenvalue weighted by Crippen LogP contribution is 2.13. The zero-order valence-corrected chi connectivity index (χ0v) is 11.0. The first-order valence-electron chi connectivity index (χ1n) is 5.81. The number of carbonyl (C=O) groups is 1. The van der Waals surface area contributed by atoms with Gasteiger partial charge >= 0.3 is 0 Å². The van der Waals surface area contributed by atoms with Gasteiger partial charge in [0.05, 0.1) is 0 Å². The molecule has 0 saturated carbocycles. The Labute approximate surface area is 107 Å². The van der Waals surface area contributed by atoms with Gasteiger partial charge in [0.1, 0.15) is 11.0 Å². The molecule has 17 heavy (non-hydrogen) atoms. The van der Waals surface area contributed by atoms with Gasteiger partial charge < -0.3 is 10.6 Å². The molecule has 0 aliphatic rings. The van der Waals surface area contributed by atoms with Crippen LogP contribution in [0, 0.1) is 0 Å². The van der Waals surface area contributed by atoms with Gasteiger partial charge in [-0.2, -0.15) is 0 Å². The number of hydrogen-bond donors (Lipinski definition) is 2. The number of rotatable bonds is 6. The molecule has 0 spiro atoms. The number of unbranched alkanes of at least 4 members (excludes halogenated alkanes) is 2. The van der Waals surface area contributed by atoms with Crippen LogP contribution >= 0.6 is 11.6 Å². The van der Waals surface area contributed by atoms with Gasteiger partial charge in [-0.1, -0.05) is 31.4 Å². The summed E-state index contributed by atoms with van der Waals surface area (Å²) in [7, 11) is 1.74. The number of pyridine rings is 1. The Balaban J connectivity index is 2.59. The van der Waals surface area contributed by atoms with E-state index >= 15 is 0 Å². The summed E-state index contributed by atoms with van der Waals surface area (Å²) in [6.45, 7) is 2.82. The zero-order chi connectivity index (χ0) is 12.7. The standard InChI is InChI=1S/C12H18ClN3O/c1-3-4-5-6-15-12(17)9-7-10(13)16-11(8-9)14-2/h7-8H,3-6H2,1-2H3,(H,14,16)(H,15,17). The van der Waals surface area contributed by atoms with Crippen LogP contribution in [0.5, 0.6) is 0 Å². The summed E-state index contributed by atoms with van der Waals surface area (Å²) in [4.78, 5) is 15.8. The molecule has 0 radical (unpaired) electrons. The average Bonchev–Trinajstić information content (AvgIpc) is 2.33. The lowest BCUT2D eigenvalue weighted by Crippen LogP contribution is -2.24. The van der Waals surface area contributed by atoms with Crippen LogP contribution in [-0.4, -0.2) is 24.5 Å². The van der Waals surface area contributed by atoms with Crippen molar-refractivity contribution in [1.29, 1.82) is 0 Å². The molecular formula is C12H18ClN3O. The summed E-state index contributed by atoms with van der Waals surface area (Å²) < 4.78 is 0. The smallest absolute Gasteiger partial charge is 0.251 e. The number of nitrogens with one attached hydrogen (secondary N) is 2. The molecule has 0 saturated heterocycles. The zero-order valence-electron chi connectivity index (χ0n) is 10.2. The minimum absolute atomic E-state index is 0.109. The molecule has 2 N–H and O–H groups in total. The highest BCUT2D eigenvalue weighted by atomic mass is 35.5. The molecule has 94 valence electrons. The third kappa shape index (κ3) is 4.61. The van der Waals surface area contributed by atoms with E-state index in [0.717, 1.165) is 19.3 Å². The van der Waals surface area contributed by atoms with Crippen molar-refractivity contribution in [2.45, 2.75) is 26.2 Å². The van der Waals surface area contributed by atoms with E-state index in [4.69, 9.17) is 11.6 Å². The van der Waals surface area contributed by atoms with E-state index in [0.29, 0.717) is 23.1 Å². The van der Waals surface area contributed by atoms with Gasteiger partial charge in [-0.05, 0) is 18.6 Å². The molecule has 0 bridgehead atoms. The molecule has 1 heterocycles. The van der Waals surface area contributed by atoms with Gasteiger partial charge in [0.25, 0.3) is 5.91 Å². The van der Waals surface area contributed by atoms with Gasteiger partial charge in [0.15, 0.2) is 0 Å². The summed E-state index contributed by atoms with van der Waals surface area (Å²) >= 11 is 5.83. The Hall–Kier alpha value is -1.29. The normalized spacial score (nSPS) is 10.1. The van der Waals surface area contributed by atoms with E-state index in [9.17, 15) is 4.79 Å². The highest BCUT2D eigenvalue weighted by molar-refractivity contribution is 6.29. The number of aromatic nitrogens is 1. The van der Waals surface area contributed by atoms with Gasteiger partial charge in [-0.25, -0.2) is 4.98 Å². The molecule has 0 aromatic carbocycles. The third-order valence-corrected chi connectivity index (χ3v) is 2.57. The Morgan fingerprint density at radius 1 is 1.41 bits per heavy atom. The maximum atomic E-state index is 11.8. The molecule has 4 nitrogen and oxygen atoms in total. The maximum absolute atomic E-state index is 11.8. The van der Waals surface area contributed by atoms with Crippen molar-refractivity contribution in [3.05, 3.63) is 22.8 Å². The van der Waals surface area contributed by atoms with Crippen LogP contribution in [0.25, 0.3) is 0 Å². The topological polar surface area (TPSA) is 54.0 Å². The number of anilines is 1. The van der Waals surface area contributed by atoms with Crippen LogP contribution in [-0.2, 0) is 0 Å². The summed E-state index contributed by atoms with van der Waals surface area (Å²) in [6, 6.07) is 3.25. The quantitative estimate of drug-likeness (QED) is 0.607. The van der Waals surface area contributed by atoms with Crippen molar-refractivity contribution >= 4 is 23.3 Å². The first-order chi connectivity index (χ1) is 8.17. The van der Waals surface area contributed by atoms with Crippen LogP contribution in [0.15, 0.2) is 12.1 Å². The lowest BCUT2D eigenvalue weighted by molar-refractivity contribution is 0.0953. The van der Waals surface area contributed by atoms with Gasteiger partial charge in [-0.3, -0.25) is 4.79 Å². The van der Waals surface area contributed by atoms with Crippen molar-refractivity contribution in [2.24, 2.45) is 0 Å². The molecule has 0 unspecified atom stereocenters. The molecule has 0 fully saturated rings. The van der Waals surface area contributed by atoms with E-state index in [1.807, 2.05) is 0 Å². The number of hydrogen-bond acceptors (Lipinski definition) is 3. The van der Waals surface area contributed by atoms with Crippen LogP contribution in [0.2, 0.25) is 5.15 Å². The van der Waals surface area contributed by atoms with Gasteiger partial charge in [0, 0.05) is 19.2 Å². The first kappa shape index (κ1) is 13.8. The predicted molar refractivity (Wildman–Crippen MR) is 70.7 cm³/mol. The molecule has 0 aliphatic heterocycles. The number of carbonyl (C=O) groups excluding carboxylic acids is 1. The lowest BCUT2D eigenvalue weighted by Gasteiger charge is -2.07. The predicted octanol–water partition coefficient (Wildman–Crippen LogP) is 2.70. The molecule has 1 amide bonds. The first-order valence-corrected chi connectivity index (χ1v) is 6.18. The minimum atomic E-state index is -0.109. The maximum Gasteiger partial charge on any atom is 0.251 e. The second-order valence-electron chi connectivity index (χ2n) is 3.78. The number of amides is 1. The third-order valence-electron chi connectivity index (χ3n) is 2.38. The number of halogens is 1. The van der Waals surface area contributed by atoms with Crippen molar-refractivity contribution in [2.75, 3.05) is 18.9 Å². The lowest BCUT2D eigenvalue weighted by atomic mass is 10.2. The molecule has 1 aromatic heterocycles. The van der Waals surface area contributed by atoms with E-state index in [1.165, 1.54) is 0 Å². The fourth-order valence-corrected chi connectivity index (χ4v) is 1.64. The fraction of sp³-hybridized carbons (Fsp3) is 0.500. The van der Waals surface area contributed by atoms with Crippen LogP contribution in [0.3, 0.4) is 0 Å². The molecule has 0 atom stereocenters. The summed E-state index contributed by atoms with van der Waals surface area (Å²) in [5.74, 6) is 0.484. The Kier molecular flexibility index (Phi) is 5.77. The van der Waals surface area contributed by atoms with Crippen molar-refractivity contribution in [3.63, 3.8) is 0 Å². The SMILES string of the molecule is CCCCCNC(=O)c1cc(Cl)nc(NC)c1. The summed E-state index contributed by atoms with van der Waals surface area (Å²) in [5.41, 5.74) is 0.533. The monoisotopic (exact) mass is 255 g/mol. The number of nitrogens with zero attached hydrogens (tertiary/aromatic N) is 1. The second kappa shape index (κ2) is 7.12. The minimum Gasteiger partial charge on any atom is -0.373 e. The second-order valence-corrected chi connectivity index (χ2v) is 4.16. The van der Waals surface area contributed by atoms with Crippen LogP contribution in [0.4, 0.5) is 5.82 Å². The Morgan fingerprint density at radius 2 is 2.18 bits per heavy atom. The van der Waals surface area contributed by atoms with E-state index < -0.39 is 0 Å². The van der Waals surface area contributed by atoms with Crippen molar-refractivity contribution < 1.29 is 4.79 Å². The summed E-state index contributed by atoms with van der Waals surface area (Å²) in [6.07, 6.45) is 3.26.